The monoisotopic (exact) mass is 449 g/mol. The molecule has 2 aliphatic heterocycles. The number of nitrogens with zero attached hydrogens (tertiary/aromatic N) is 2. The molecule has 2 aliphatic rings. The molecule has 3 heterocycles. The maximum atomic E-state index is 6.08. The van der Waals surface area contributed by atoms with Gasteiger partial charge in [0.15, 0.2) is 0 Å². The van der Waals surface area contributed by atoms with Gasteiger partial charge in [-0.2, -0.15) is 0 Å². The Morgan fingerprint density at radius 1 is 1.24 bits per heavy atom. The minimum absolute atomic E-state index is 0.329. The van der Waals surface area contributed by atoms with Gasteiger partial charge in [0, 0.05) is 42.0 Å². The zero-order chi connectivity index (χ0) is 23.8. The van der Waals surface area contributed by atoms with Crippen molar-refractivity contribution < 1.29 is 0 Å². The number of nitrogens with two attached hydrogens (primary N) is 1. The van der Waals surface area contributed by atoms with E-state index in [9.17, 15) is 0 Å². The number of aryl methyl sites for hydroxylation is 1. The second kappa shape index (κ2) is 12.2. The van der Waals surface area contributed by atoms with Crippen LogP contribution < -0.4 is 21.3 Å². The molecule has 4 N–H and O–H groups in total. The fourth-order valence-corrected chi connectivity index (χ4v) is 5.04. The lowest BCUT2D eigenvalue weighted by molar-refractivity contribution is 0.318. The molecule has 3 unspecified atom stereocenters. The lowest BCUT2D eigenvalue weighted by atomic mass is 9.90. The largest absolute Gasteiger partial charge is 0.404 e. The normalized spacial score (nSPS) is 21.7. The van der Waals surface area contributed by atoms with Crippen LogP contribution in [0.1, 0.15) is 51.8 Å². The van der Waals surface area contributed by atoms with Gasteiger partial charge in [0.05, 0.1) is 11.2 Å². The number of pyridine rings is 1. The van der Waals surface area contributed by atoms with Crippen LogP contribution >= 0.6 is 0 Å². The van der Waals surface area contributed by atoms with Crippen LogP contribution in [-0.4, -0.2) is 44.3 Å². The molecule has 2 saturated heterocycles. The second-order valence-electron chi connectivity index (χ2n) is 8.93. The van der Waals surface area contributed by atoms with Crippen LogP contribution in [0.3, 0.4) is 0 Å². The first-order valence-electron chi connectivity index (χ1n) is 12.8. The van der Waals surface area contributed by atoms with Gasteiger partial charge in [-0.3, -0.25) is 0 Å². The molecule has 0 amide bonds. The van der Waals surface area contributed by atoms with Gasteiger partial charge in [0.1, 0.15) is 0 Å². The lowest BCUT2D eigenvalue weighted by Gasteiger charge is -2.23. The number of nitrogens with one attached hydrogen (secondary N) is 2. The number of piperidine rings is 1. The van der Waals surface area contributed by atoms with Crippen molar-refractivity contribution in [3.8, 4) is 0 Å². The first-order valence-corrected chi connectivity index (χ1v) is 12.8. The summed E-state index contributed by atoms with van der Waals surface area (Å²) in [5.74, 6) is 1.52. The number of fused-ring (bicyclic) bond motifs is 2. The average molecular weight is 450 g/mol. The van der Waals surface area contributed by atoms with E-state index in [0.29, 0.717) is 6.04 Å². The molecule has 33 heavy (non-hydrogen) atoms. The Kier molecular flexibility index (Phi) is 9.33. The Labute approximate surface area is 200 Å². The van der Waals surface area contributed by atoms with Crippen LogP contribution in [0.2, 0.25) is 0 Å². The highest BCUT2D eigenvalue weighted by Crippen LogP contribution is 2.37. The van der Waals surface area contributed by atoms with E-state index in [4.69, 9.17) is 10.7 Å². The second-order valence-corrected chi connectivity index (χ2v) is 8.93. The third-order valence-electron chi connectivity index (χ3n) is 7.07. The molecule has 5 nitrogen and oxygen atoms in total. The highest BCUT2D eigenvalue weighted by molar-refractivity contribution is 5.94. The van der Waals surface area contributed by atoms with Gasteiger partial charge in [-0.05, 0) is 68.9 Å². The van der Waals surface area contributed by atoms with Crippen molar-refractivity contribution in [3.63, 3.8) is 0 Å². The van der Waals surface area contributed by atoms with Crippen LogP contribution in [0.15, 0.2) is 42.6 Å². The minimum Gasteiger partial charge on any atom is -0.404 e. The summed E-state index contributed by atoms with van der Waals surface area (Å²) in [5.41, 5.74) is 11.7. The van der Waals surface area contributed by atoms with Crippen LogP contribution in [0.5, 0.6) is 0 Å². The van der Waals surface area contributed by atoms with Crippen molar-refractivity contribution in [2.45, 2.75) is 53.0 Å². The van der Waals surface area contributed by atoms with E-state index in [1.165, 1.54) is 23.1 Å². The number of hydrogen-bond donors (Lipinski definition) is 3. The third-order valence-corrected chi connectivity index (χ3v) is 7.07. The number of rotatable bonds is 7. The first-order chi connectivity index (χ1) is 16.2. The van der Waals surface area contributed by atoms with Gasteiger partial charge in [0.25, 0.3) is 0 Å². The number of anilines is 1. The topological polar surface area (TPSA) is 66.2 Å². The number of hydrogen-bond acceptors (Lipinski definition) is 5. The summed E-state index contributed by atoms with van der Waals surface area (Å²) in [6.07, 6.45) is 9.30. The molecule has 180 valence electrons. The Bertz CT molecular complexity index is 946. The molecule has 0 spiro atoms. The summed E-state index contributed by atoms with van der Waals surface area (Å²) in [7, 11) is 1.99. The number of likely N-dealkylation sites (N-methyl/N-ethyl adjacent to an activating group) is 1. The van der Waals surface area contributed by atoms with Crippen molar-refractivity contribution in [2.24, 2.45) is 17.6 Å². The van der Waals surface area contributed by atoms with Crippen molar-refractivity contribution in [1.82, 2.24) is 15.6 Å². The summed E-state index contributed by atoms with van der Waals surface area (Å²) in [4.78, 5) is 7.63. The molecule has 0 saturated carbocycles. The third kappa shape index (κ3) is 5.77. The first kappa shape index (κ1) is 25.3. The van der Waals surface area contributed by atoms with E-state index in [0.717, 1.165) is 67.6 Å². The Morgan fingerprint density at radius 3 is 2.70 bits per heavy atom. The van der Waals surface area contributed by atoms with Crippen molar-refractivity contribution >= 4 is 22.2 Å². The maximum Gasteiger partial charge on any atom is 0.0744 e. The van der Waals surface area contributed by atoms with Gasteiger partial charge < -0.3 is 21.3 Å². The molecule has 4 rings (SSSR count). The summed E-state index contributed by atoms with van der Waals surface area (Å²) >= 11 is 0. The number of aromatic nitrogens is 1. The highest BCUT2D eigenvalue weighted by Gasteiger charge is 2.35. The smallest absolute Gasteiger partial charge is 0.0744 e. The Balaban J connectivity index is 0.00000149. The fraction of sp³-hybridized carbons (Fsp3) is 0.536. The van der Waals surface area contributed by atoms with Gasteiger partial charge in [-0.15, -0.1) is 0 Å². The van der Waals surface area contributed by atoms with Crippen LogP contribution in [-0.2, 0) is 6.42 Å². The summed E-state index contributed by atoms with van der Waals surface area (Å²) < 4.78 is 0. The van der Waals surface area contributed by atoms with Gasteiger partial charge in [-0.1, -0.05) is 52.0 Å². The van der Waals surface area contributed by atoms with Crippen molar-refractivity contribution in [2.75, 3.05) is 38.1 Å². The molecule has 1 aromatic heterocycles. The molecule has 0 bridgehead atoms. The van der Waals surface area contributed by atoms with E-state index in [2.05, 4.69) is 65.8 Å². The maximum absolute atomic E-state index is 6.08. The van der Waals surface area contributed by atoms with E-state index in [1.807, 2.05) is 20.9 Å². The molecule has 0 aliphatic carbocycles. The zero-order valence-electron chi connectivity index (χ0n) is 21.2. The molecule has 5 heteroatoms. The van der Waals surface area contributed by atoms with Crippen molar-refractivity contribution in [1.29, 1.82) is 0 Å². The quantitative estimate of drug-likeness (QED) is 0.534. The van der Waals surface area contributed by atoms with Gasteiger partial charge in [-0.25, -0.2) is 4.98 Å². The SMILES string of the molecule is CC.CCc1ccc2c(N3CC4CCNCC4C3)cc(C(/C=C\C(CC)NC)=C/N)nc2c1. The van der Waals surface area contributed by atoms with Crippen LogP contribution in [0, 0.1) is 11.8 Å². The minimum atomic E-state index is 0.329. The lowest BCUT2D eigenvalue weighted by Crippen LogP contribution is -2.35. The molecule has 2 fully saturated rings. The van der Waals surface area contributed by atoms with Crippen molar-refractivity contribution in [3.05, 3.63) is 53.9 Å². The zero-order valence-corrected chi connectivity index (χ0v) is 21.2. The predicted octanol–water partition coefficient (Wildman–Crippen LogP) is 4.72. The van der Waals surface area contributed by atoms with E-state index >= 15 is 0 Å². The fourth-order valence-electron chi connectivity index (χ4n) is 5.04. The van der Waals surface area contributed by atoms with Gasteiger partial charge in [0.2, 0.25) is 0 Å². The molecular weight excluding hydrogens is 406 g/mol. The molecule has 0 radical (unpaired) electrons. The molecular formula is C28H43N5. The van der Waals surface area contributed by atoms with Crippen LogP contribution in [0.4, 0.5) is 5.69 Å². The Hall–Kier alpha value is -2.37. The Morgan fingerprint density at radius 2 is 2.03 bits per heavy atom. The summed E-state index contributed by atoms with van der Waals surface area (Å²) in [6.45, 7) is 12.9. The van der Waals surface area contributed by atoms with E-state index in [-0.39, 0.29) is 0 Å². The van der Waals surface area contributed by atoms with E-state index in [1.54, 1.807) is 6.20 Å². The molecule has 1 aromatic carbocycles. The van der Waals surface area contributed by atoms with Crippen LogP contribution in [0.25, 0.3) is 16.5 Å². The summed E-state index contributed by atoms with van der Waals surface area (Å²) in [5, 5.41) is 8.15. The average Bonchev–Trinajstić information content (AvgIpc) is 3.31. The molecule has 3 atom stereocenters. The van der Waals surface area contributed by atoms with Gasteiger partial charge >= 0.3 is 0 Å². The summed E-state index contributed by atoms with van der Waals surface area (Å²) in [6, 6.07) is 9.33. The number of allylic oxidation sites excluding steroid dienone is 2. The van der Waals surface area contributed by atoms with E-state index < -0.39 is 0 Å². The predicted molar refractivity (Wildman–Crippen MR) is 144 cm³/mol. The molecule has 2 aromatic rings. The highest BCUT2D eigenvalue weighted by atomic mass is 15.2. The standard InChI is InChI=1S/C26H37N5.C2H6/c1-4-18-6-9-23-25(12-18)30-24(19(14-27)7-8-22(5-2)28-3)13-26(23)31-16-20-10-11-29-15-21(20)17-31;1-2/h6-9,12-14,20-22,28-29H,4-5,10-11,15-17,27H2,1-3H3;1-2H3/b8-7-,19-14+;. The number of benzene rings is 1.